The number of methoxy groups -OCH3 is 1. The molecule has 0 heterocycles. The zero-order chi connectivity index (χ0) is 28.7. The molecular formula is C31H41N3O5. The number of nitrogens with zero attached hydrogens (tertiary/aromatic N) is 1. The minimum absolute atomic E-state index is 0.122. The lowest BCUT2D eigenvalue weighted by molar-refractivity contribution is -0.142. The lowest BCUT2D eigenvalue weighted by atomic mass is 9.95. The number of rotatable bonds is 11. The van der Waals surface area contributed by atoms with Crippen LogP contribution in [0.2, 0.25) is 0 Å². The lowest BCUT2D eigenvalue weighted by Gasteiger charge is -2.36. The molecule has 0 radical (unpaired) electrons. The third-order valence-corrected chi connectivity index (χ3v) is 6.69. The number of nitrogens with one attached hydrogen (secondary N) is 2. The summed E-state index contributed by atoms with van der Waals surface area (Å²) < 4.78 is 10.7. The van der Waals surface area contributed by atoms with Gasteiger partial charge < -0.3 is 25.0 Å². The zero-order valence-corrected chi connectivity index (χ0v) is 23.8. The molecule has 3 rings (SSSR count). The second-order valence-electron chi connectivity index (χ2n) is 11.0. The first-order valence-electron chi connectivity index (χ1n) is 13.5. The van der Waals surface area contributed by atoms with Crippen LogP contribution >= 0.6 is 0 Å². The van der Waals surface area contributed by atoms with Crippen molar-refractivity contribution >= 4 is 29.7 Å². The first-order valence-corrected chi connectivity index (χ1v) is 13.5. The fraction of sp³-hybridized carbons (Fsp3) is 0.452. The summed E-state index contributed by atoms with van der Waals surface area (Å²) in [5, 5.41) is 5.78. The summed E-state index contributed by atoms with van der Waals surface area (Å²) in [6.45, 7) is 13.1. The molecule has 2 aromatic rings. The van der Waals surface area contributed by atoms with Gasteiger partial charge in [-0.15, -0.1) is 0 Å². The van der Waals surface area contributed by atoms with Gasteiger partial charge in [0.2, 0.25) is 5.91 Å². The van der Waals surface area contributed by atoms with E-state index >= 15 is 0 Å². The molecule has 0 bridgehead atoms. The largest absolute Gasteiger partial charge is 0.497 e. The Hall–Kier alpha value is -3.81. The Morgan fingerprint density at radius 2 is 1.79 bits per heavy atom. The van der Waals surface area contributed by atoms with Gasteiger partial charge in [0.15, 0.2) is 0 Å². The van der Waals surface area contributed by atoms with Gasteiger partial charge in [-0.1, -0.05) is 51.1 Å². The highest BCUT2D eigenvalue weighted by Gasteiger charge is 2.45. The van der Waals surface area contributed by atoms with Crippen molar-refractivity contribution in [1.29, 1.82) is 0 Å². The Morgan fingerprint density at radius 3 is 2.33 bits per heavy atom. The predicted molar refractivity (Wildman–Crippen MR) is 153 cm³/mol. The van der Waals surface area contributed by atoms with Crippen molar-refractivity contribution in [1.82, 2.24) is 10.2 Å². The average molecular weight is 536 g/mol. The van der Waals surface area contributed by atoms with E-state index in [1.54, 1.807) is 63.1 Å². The third-order valence-electron chi connectivity index (χ3n) is 6.69. The molecule has 0 saturated heterocycles. The highest BCUT2D eigenvalue weighted by molar-refractivity contribution is 5.99. The molecule has 0 spiro atoms. The van der Waals surface area contributed by atoms with Gasteiger partial charge in [-0.25, -0.2) is 4.79 Å². The minimum Gasteiger partial charge on any atom is -0.497 e. The molecule has 3 unspecified atom stereocenters. The van der Waals surface area contributed by atoms with Crippen molar-refractivity contribution in [3.63, 3.8) is 0 Å². The molecule has 3 amide bonds. The Balaban J connectivity index is 2.01. The number of anilines is 1. The smallest absolute Gasteiger partial charge is 0.408 e. The van der Waals surface area contributed by atoms with Crippen LogP contribution in [0, 0.1) is 5.92 Å². The van der Waals surface area contributed by atoms with Crippen molar-refractivity contribution in [3.8, 4) is 5.75 Å². The van der Waals surface area contributed by atoms with Gasteiger partial charge in [-0.05, 0) is 81.0 Å². The van der Waals surface area contributed by atoms with Crippen molar-refractivity contribution in [2.45, 2.75) is 77.6 Å². The van der Waals surface area contributed by atoms with E-state index in [1.165, 1.54) is 0 Å². The Morgan fingerprint density at radius 1 is 1.13 bits per heavy atom. The molecular weight excluding hydrogens is 494 g/mol. The second kappa shape index (κ2) is 12.8. The highest BCUT2D eigenvalue weighted by atomic mass is 16.6. The van der Waals surface area contributed by atoms with E-state index < -0.39 is 23.8 Å². The number of amides is 3. The van der Waals surface area contributed by atoms with Crippen LogP contribution in [0.5, 0.6) is 5.75 Å². The molecule has 1 aliphatic carbocycles. The summed E-state index contributed by atoms with van der Waals surface area (Å²) in [7, 11) is 1.58. The number of hydrogen-bond acceptors (Lipinski definition) is 5. The van der Waals surface area contributed by atoms with Crippen molar-refractivity contribution in [2.24, 2.45) is 5.92 Å². The number of carbonyl (C=O) groups excluding carboxylic acids is 3. The number of hydrogen-bond donors (Lipinski definition) is 2. The van der Waals surface area contributed by atoms with E-state index in [-0.39, 0.29) is 23.8 Å². The van der Waals surface area contributed by atoms with E-state index in [2.05, 4.69) is 17.2 Å². The summed E-state index contributed by atoms with van der Waals surface area (Å²) in [4.78, 5) is 42.6. The van der Waals surface area contributed by atoms with Crippen LogP contribution in [0.3, 0.4) is 0 Å². The Kier molecular flexibility index (Phi) is 9.78. The zero-order valence-electron chi connectivity index (χ0n) is 23.8. The van der Waals surface area contributed by atoms with Crippen molar-refractivity contribution in [2.75, 3.05) is 12.4 Å². The normalized spacial score (nSPS) is 15.3. The minimum atomic E-state index is -0.918. The molecule has 39 heavy (non-hydrogen) atoms. The third kappa shape index (κ3) is 8.09. The summed E-state index contributed by atoms with van der Waals surface area (Å²) in [5.41, 5.74) is 1.37. The molecule has 2 aromatic carbocycles. The van der Waals surface area contributed by atoms with E-state index in [1.807, 2.05) is 38.1 Å². The molecule has 210 valence electrons. The molecule has 0 aliphatic heterocycles. The summed E-state index contributed by atoms with van der Waals surface area (Å²) in [5.74, 6) is -0.169. The second-order valence-corrected chi connectivity index (χ2v) is 11.0. The highest BCUT2D eigenvalue weighted by Crippen LogP contribution is 2.37. The average Bonchev–Trinajstić information content (AvgIpc) is 3.74. The number of benzene rings is 2. The number of ether oxygens (including phenoxy) is 2. The quantitative estimate of drug-likeness (QED) is 0.371. The van der Waals surface area contributed by atoms with E-state index in [0.717, 1.165) is 18.4 Å². The monoisotopic (exact) mass is 535 g/mol. The van der Waals surface area contributed by atoms with Crippen LogP contribution in [0.25, 0.3) is 6.08 Å². The molecule has 1 saturated carbocycles. The fourth-order valence-corrected chi connectivity index (χ4v) is 4.33. The summed E-state index contributed by atoms with van der Waals surface area (Å²) in [6, 6.07) is 12.6. The van der Waals surface area contributed by atoms with Crippen LogP contribution in [0.15, 0.2) is 55.1 Å². The molecule has 1 aliphatic rings. The van der Waals surface area contributed by atoms with Gasteiger partial charge in [-0.2, -0.15) is 0 Å². The van der Waals surface area contributed by atoms with Crippen LogP contribution < -0.4 is 15.4 Å². The van der Waals surface area contributed by atoms with Crippen LogP contribution in [-0.4, -0.2) is 47.6 Å². The van der Waals surface area contributed by atoms with Crippen LogP contribution in [0.4, 0.5) is 10.5 Å². The van der Waals surface area contributed by atoms with E-state index in [9.17, 15) is 14.4 Å². The standard InChI is InChI=1S/C31H41N3O5/c1-8-20(3)26(33-30(37)39-31(4,5)6)29(36)34(24-15-16-24)27(22-12-10-11-21(9-2)19-22)28(35)32-23-13-17-25(38-7)18-14-23/h9-14,17-20,24,26-27H,2,8,15-16H2,1,3-7H3,(H,32,35)(H,33,37). The first-order chi connectivity index (χ1) is 18.5. The Labute approximate surface area is 231 Å². The molecule has 8 nitrogen and oxygen atoms in total. The molecule has 8 heteroatoms. The summed E-state index contributed by atoms with van der Waals surface area (Å²) in [6.07, 6.45) is 3.25. The maximum absolute atomic E-state index is 14.3. The lowest BCUT2D eigenvalue weighted by Crippen LogP contribution is -2.55. The van der Waals surface area contributed by atoms with E-state index in [4.69, 9.17) is 9.47 Å². The van der Waals surface area contributed by atoms with Crippen molar-refractivity contribution < 1.29 is 23.9 Å². The van der Waals surface area contributed by atoms with Crippen LogP contribution in [0.1, 0.15) is 71.0 Å². The van der Waals surface area contributed by atoms with Gasteiger partial charge in [0.1, 0.15) is 23.4 Å². The molecule has 3 atom stereocenters. The predicted octanol–water partition coefficient (Wildman–Crippen LogP) is 5.95. The van der Waals surface area contributed by atoms with Gasteiger partial charge in [0.25, 0.3) is 5.91 Å². The molecule has 1 fully saturated rings. The fourth-order valence-electron chi connectivity index (χ4n) is 4.33. The first kappa shape index (κ1) is 29.7. The molecule has 2 N–H and O–H groups in total. The van der Waals surface area contributed by atoms with Gasteiger partial charge in [-0.3, -0.25) is 9.59 Å². The topological polar surface area (TPSA) is 97.0 Å². The number of alkyl carbamates (subject to hydrolysis) is 1. The van der Waals surface area contributed by atoms with Gasteiger partial charge >= 0.3 is 6.09 Å². The molecule has 0 aromatic heterocycles. The number of carbonyl (C=O) groups is 3. The van der Waals surface area contributed by atoms with Crippen LogP contribution in [-0.2, 0) is 14.3 Å². The SMILES string of the molecule is C=Cc1cccc(C(C(=O)Nc2ccc(OC)cc2)N(C(=O)C(NC(=O)OC(C)(C)C)C(C)CC)C2CC2)c1. The van der Waals surface area contributed by atoms with E-state index in [0.29, 0.717) is 23.4 Å². The maximum Gasteiger partial charge on any atom is 0.408 e. The maximum atomic E-state index is 14.3. The van der Waals surface area contributed by atoms with Crippen molar-refractivity contribution in [3.05, 3.63) is 66.2 Å². The summed E-state index contributed by atoms with van der Waals surface area (Å²) >= 11 is 0. The van der Waals surface area contributed by atoms with Gasteiger partial charge in [0.05, 0.1) is 7.11 Å². The Bertz CT molecular complexity index is 1170. The van der Waals surface area contributed by atoms with Gasteiger partial charge in [0, 0.05) is 11.7 Å².